The summed E-state index contributed by atoms with van der Waals surface area (Å²) in [5, 5.41) is 0. The van der Waals surface area contributed by atoms with E-state index >= 15 is 0 Å². The average Bonchev–Trinajstić information content (AvgIpc) is 1.88. The minimum atomic E-state index is 0.407. The van der Waals surface area contributed by atoms with E-state index in [0.717, 1.165) is 12.3 Å². The Labute approximate surface area is 63.3 Å². The summed E-state index contributed by atoms with van der Waals surface area (Å²) in [4.78, 5) is 0. The summed E-state index contributed by atoms with van der Waals surface area (Å²) in [5.74, 6) is 1.45. The van der Waals surface area contributed by atoms with Gasteiger partial charge in [0.2, 0.25) is 0 Å². The third-order valence-corrected chi connectivity index (χ3v) is 2.39. The SMILES string of the molecule is CC(C)C1CC=CCC1N. The van der Waals surface area contributed by atoms with Crippen LogP contribution in [0.3, 0.4) is 0 Å². The highest BCUT2D eigenvalue weighted by molar-refractivity contribution is 4.97. The zero-order valence-corrected chi connectivity index (χ0v) is 6.88. The predicted molar refractivity (Wildman–Crippen MR) is 44.7 cm³/mol. The predicted octanol–water partition coefficient (Wildman–Crippen LogP) is 1.94. The summed E-state index contributed by atoms with van der Waals surface area (Å²) in [5.41, 5.74) is 5.93. The van der Waals surface area contributed by atoms with Gasteiger partial charge in [0.05, 0.1) is 0 Å². The lowest BCUT2D eigenvalue weighted by Crippen LogP contribution is -2.34. The molecule has 1 aliphatic rings. The van der Waals surface area contributed by atoms with Crippen molar-refractivity contribution in [2.45, 2.75) is 32.7 Å². The maximum absolute atomic E-state index is 5.93. The van der Waals surface area contributed by atoms with E-state index in [1.54, 1.807) is 0 Å². The van der Waals surface area contributed by atoms with E-state index in [2.05, 4.69) is 26.0 Å². The fraction of sp³-hybridized carbons (Fsp3) is 0.778. The lowest BCUT2D eigenvalue weighted by atomic mass is 9.82. The van der Waals surface area contributed by atoms with E-state index in [-0.39, 0.29) is 0 Å². The summed E-state index contributed by atoms with van der Waals surface area (Å²) >= 11 is 0. The Morgan fingerprint density at radius 2 is 1.90 bits per heavy atom. The van der Waals surface area contributed by atoms with Gasteiger partial charge in [-0.15, -0.1) is 0 Å². The summed E-state index contributed by atoms with van der Waals surface area (Å²) < 4.78 is 0. The number of rotatable bonds is 1. The number of allylic oxidation sites excluding steroid dienone is 1. The van der Waals surface area contributed by atoms with Crippen molar-refractivity contribution in [1.82, 2.24) is 0 Å². The molecule has 0 amide bonds. The van der Waals surface area contributed by atoms with Gasteiger partial charge in [-0.3, -0.25) is 0 Å². The Morgan fingerprint density at radius 1 is 1.30 bits per heavy atom. The molecule has 0 aliphatic heterocycles. The summed E-state index contributed by atoms with van der Waals surface area (Å²) in [6.45, 7) is 4.51. The largest absolute Gasteiger partial charge is 0.327 e. The Hall–Kier alpha value is -0.300. The van der Waals surface area contributed by atoms with Crippen LogP contribution in [0.2, 0.25) is 0 Å². The zero-order chi connectivity index (χ0) is 7.56. The van der Waals surface area contributed by atoms with Crippen LogP contribution in [-0.2, 0) is 0 Å². The second-order valence-corrected chi connectivity index (χ2v) is 3.51. The molecule has 0 saturated carbocycles. The average molecular weight is 139 g/mol. The Kier molecular flexibility index (Phi) is 2.50. The van der Waals surface area contributed by atoms with E-state index in [9.17, 15) is 0 Å². The highest BCUT2D eigenvalue weighted by atomic mass is 14.7. The monoisotopic (exact) mass is 139 g/mol. The molecule has 2 unspecified atom stereocenters. The van der Waals surface area contributed by atoms with Crippen molar-refractivity contribution in [3.05, 3.63) is 12.2 Å². The first-order valence-electron chi connectivity index (χ1n) is 4.12. The van der Waals surface area contributed by atoms with Gasteiger partial charge < -0.3 is 5.73 Å². The third kappa shape index (κ3) is 1.60. The van der Waals surface area contributed by atoms with E-state index in [4.69, 9.17) is 5.73 Å². The highest BCUT2D eigenvalue weighted by Gasteiger charge is 2.21. The zero-order valence-electron chi connectivity index (χ0n) is 6.88. The first-order valence-corrected chi connectivity index (χ1v) is 4.12. The van der Waals surface area contributed by atoms with Crippen molar-refractivity contribution in [2.75, 3.05) is 0 Å². The second-order valence-electron chi connectivity index (χ2n) is 3.51. The van der Waals surface area contributed by atoms with Gasteiger partial charge in [0.1, 0.15) is 0 Å². The van der Waals surface area contributed by atoms with Crippen LogP contribution in [0.25, 0.3) is 0 Å². The van der Waals surface area contributed by atoms with Crippen molar-refractivity contribution in [2.24, 2.45) is 17.6 Å². The molecule has 1 rings (SSSR count). The Balaban J connectivity index is 2.51. The van der Waals surface area contributed by atoms with Crippen molar-refractivity contribution in [3.8, 4) is 0 Å². The van der Waals surface area contributed by atoms with Crippen LogP contribution in [0.4, 0.5) is 0 Å². The standard InChI is InChI=1S/C9H17N/c1-7(2)8-5-3-4-6-9(8)10/h3-4,7-9H,5-6,10H2,1-2H3. The highest BCUT2D eigenvalue weighted by Crippen LogP contribution is 2.24. The molecule has 0 radical (unpaired) electrons. The van der Waals surface area contributed by atoms with Crippen molar-refractivity contribution < 1.29 is 0 Å². The molecule has 58 valence electrons. The van der Waals surface area contributed by atoms with Gasteiger partial charge in [0, 0.05) is 6.04 Å². The second kappa shape index (κ2) is 3.20. The van der Waals surface area contributed by atoms with Gasteiger partial charge >= 0.3 is 0 Å². The molecule has 0 aromatic heterocycles. The van der Waals surface area contributed by atoms with Crippen LogP contribution in [0.1, 0.15) is 26.7 Å². The molecular weight excluding hydrogens is 122 g/mol. The van der Waals surface area contributed by atoms with Gasteiger partial charge in [0.25, 0.3) is 0 Å². The van der Waals surface area contributed by atoms with Crippen LogP contribution < -0.4 is 5.73 Å². The minimum absolute atomic E-state index is 0.407. The molecule has 2 atom stereocenters. The fourth-order valence-corrected chi connectivity index (χ4v) is 1.62. The van der Waals surface area contributed by atoms with Gasteiger partial charge in [-0.2, -0.15) is 0 Å². The first-order chi connectivity index (χ1) is 4.72. The molecule has 1 aliphatic carbocycles. The van der Waals surface area contributed by atoms with Crippen molar-refractivity contribution in [3.63, 3.8) is 0 Å². The lowest BCUT2D eigenvalue weighted by Gasteiger charge is -2.28. The molecule has 0 fully saturated rings. The molecule has 0 aromatic rings. The van der Waals surface area contributed by atoms with Gasteiger partial charge in [-0.05, 0) is 24.7 Å². The number of nitrogens with two attached hydrogens (primary N) is 1. The van der Waals surface area contributed by atoms with E-state index in [1.807, 2.05) is 0 Å². The normalized spacial score (nSPS) is 33.2. The molecule has 1 heteroatoms. The smallest absolute Gasteiger partial charge is 0.0107 e. The van der Waals surface area contributed by atoms with Crippen LogP contribution in [0, 0.1) is 11.8 Å². The number of hydrogen-bond donors (Lipinski definition) is 1. The molecular formula is C9H17N. The summed E-state index contributed by atoms with van der Waals surface area (Å²) in [6.07, 6.45) is 6.71. The fourth-order valence-electron chi connectivity index (χ4n) is 1.62. The van der Waals surface area contributed by atoms with Crippen LogP contribution >= 0.6 is 0 Å². The van der Waals surface area contributed by atoms with Crippen LogP contribution in [-0.4, -0.2) is 6.04 Å². The quantitative estimate of drug-likeness (QED) is 0.552. The number of hydrogen-bond acceptors (Lipinski definition) is 1. The van der Waals surface area contributed by atoms with E-state index < -0.39 is 0 Å². The maximum Gasteiger partial charge on any atom is 0.0107 e. The molecule has 0 bridgehead atoms. The van der Waals surface area contributed by atoms with Gasteiger partial charge in [0.15, 0.2) is 0 Å². The topological polar surface area (TPSA) is 26.0 Å². The van der Waals surface area contributed by atoms with E-state index in [0.29, 0.717) is 12.0 Å². The third-order valence-electron chi connectivity index (χ3n) is 2.39. The minimum Gasteiger partial charge on any atom is -0.327 e. The molecule has 0 saturated heterocycles. The summed E-state index contributed by atoms with van der Waals surface area (Å²) in [6, 6.07) is 0.407. The molecule has 2 N–H and O–H groups in total. The molecule has 0 aromatic carbocycles. The van der Waals surface area contributed by atoms with Crippen LogP contribution in [0.5, 0.6) is 0 Å². The molecule has 0 heterocycles. The Bertz CT molecular complexity index is 127. The lowest BCUT2D eigenvalue weighted by molar-refractivity contribution is 0.311. The maximum atomic E-state index is 5.93. The molecule has 10 heavy (non-hydrogen) atoms. The van der Waals surface area contributed by atoms with Crippen molar-refractivity contribution >= 4 is 0 Å². The van der Waals surface area contributed by atoms with Crippen LogP contribution in [0.15, 0.2) is 12.2 Å². The van der Waals surface area contributed by atoms with Crippen molar-refractivity contribution in [1.29, 1.82) is 0 Å². The van der Waals surface area contributed by atoms with E-state index in [1.165, 1.54) is 6.42 Å². The molecule has 0 spiro atoms. The molecule has 1 nitrogen and oxygen atoms in total. The first kappa shape index (κ1) is 7.80. The summed E-state index contributed by atoms with van der Waals surface area (Å²) in [7, 11) is 0. The van der Waals surface area contributed by atoms with Gasteiger partial charge in [-0.25, -0.2) is 0 Å². The Morgan fingerprint density at radius 3 is 2.30 bits per heavy atom. The van der Waals surface area contributed by atoms with Gasteiger partial charge in [-0.1, -0.05) is 26.0 Å².